The highest BCUT2D eigenvalue weighted by Gasteiger charge is 2.64. The number of nitrogens with zero attached hydrogens (tertiary/aromatic N) is 3. The summed E-state index contributed by atoms with van der Waals surface area (Å²) in [5.74, 6) is 0.499. The average Bonchev–Trinajstić information content (AvgIpc) is 2.95. The summed E-state index contributed by atoms with van der Waals surface area (Å²) in [6.45, 7) is 13.8. The van der Waals surface area contributed by atoms with Gasteiger partial charge in [-0.3, -0.25) is 9.69 Å². The fourth-order valence-electron chi connectivity index (χ4n) is 7.23. The number of rotatable bonds is 7. The lowest BCUT2D eigenvalue weighted by molar-refractivity contribution is -0.164. The number of hydrogen-bond donors (Lipinski definition) is 2. The number of benzene rings is 2. The van der Waals surface area contributed by atoms with Crippen LogP contribution in [0.4, 0.5) is 10.1 Å². The average molecular weight is 619 g/mol. The van der Waals surface area contributed by atoms with E-state index in [0.29, 0.717) is 41.3 Å². The van der Waals surface area contributed by atoms with Crippen molar-refractivity contribution < 1.29 is 13.9 Å². The van der Waals surface area contributed by atoms with Gasteiger partial charge in [0.25, 0.3) is 5.91 Å². The van der Waals surface area contributed by atoms with Crippen molar-refractivity contribution in [1.82, 2.24) is 15.5 Å². The van der Waals surface area contributed by atoms with E-state index in [9.17, 15) is 4.79 Å². The van der Waals surface area contributed by atoms with Gasteiger partial charge < -0.3 is 20.3 Å². The topological polar surface area (TPSA) is 80.6 Å². The summed E-state index contributed by atoms with van der Waals surface area (Å²) in [6.07, 6.45) is 1.02. The molecule has 42 heavy (non-hydrogen) atoms. The number of anilines is 1. The molecule has 1 saturated carbocycles. The van der Waals surface area contributed by atoms with Crippen molar-refractivity contribution in [2.45, 2.75) is 58.4 Å². The molecule has 1 aliphatic carbocycles. The molecule has 2 aromatic carbocycles. The quantitative estimate of drug-likeness (QED) is 0.429. The molecule has 7 nitrogen and oxygen atoms in total. The fourth-order valence-corrected chi connectivity index (χ4v) is 7.44. The standard InChI is InChI=1S/C32H41ClFN5O2.ClH/c1-30(2)28(31(3,4)29(30)41-25-10-7-23(20-35)26(33)19-25)37-27(40)22-5-8-24(9-6-22)39-17-15-38(16-18-39)21-32(34)11-13-36-14-12-32;/h5-10,19,28-29,36H,11-18,21H2,1-4H3,(H,37,40);1H. The molecular weight excluding hydrogens is 576 g/mol. The smallest absolute Gasteiger partial charge is 0.251 e. The second-order valence-corrected chi connectivity index (χ2v) is 13.4. The maximum atomic E-state index is 15.1. The molecule has 2 saturated heterocycles. The van der Waals surface area contributed by atoms with Gasteiger partial charge in [-0.25, -0.2) is 4.39 Å². The molecule has 0 aromatic heterocycles. The maximum Gasteiger partial charge on any atom is 0.251 e. The summed E-state index contributed by atoms with van der Waals surface area (Å²) < 4.78 is 21.5. The first-order valence-electron chi connectivity index (χ1n) is 14.6. The Morgan fingerprint density at radius 2 is 1.69 bits per heavy atom. The van der Waals surface area contributed by atoms with Crippen LogP contribution in [0.5, 0.6) is 5.75 Å². The van der Waals surface area contributed by atoms with E-state index in [1.165, 1.54) is 0 Å². The van der Waals surface area contributed by atoms with Gasteiger partial charge in [0.2, 0.25) is 0 Å². The lowest BCUT2D eigenvalue weighted by atomic mass is 9.49. The number of piperazine rings is 1. The number of piperidine rings is 1. The zero-order valence-corrected chi connectivity index (χ0v) is 26.5. The van der Waals surface area contributed by atoms with Gasteiger partial charge in [-0.15, -0.1) is 12.4 Å². The van der Waals surface area contributed by atoms with Crippen molar-refractivity contribution in [1.29, 1.82) is 5.26 Å². The molecule has 2 heterocycles. The molecule has 5 rings (SSSR count). The minimum absolute atomic E-state index is 0. The van der Waals surface area contributed by atoms with Crippen LogP contribution in [0.2, 0.25) is 5.02 Å². The van der Waals surface area contributed by atoms with Crippen LogP contribution in [0.15, 0.2) is 42.5 Å². The van der Waals surface area contributed by atoms with E-state index >= 15 is 4.39 Å². The van der Waals surface area contributed by atoms with E-state index in [1.54, 1.807) is 18.2 Å². The normalized spacial score (nSPS) is 24.5. The van der Waals surface area contributed by atoms with Gasteiger partial charge in [-0.05, 0) is 62.3 Å². The fraction of sp³-hybridized carbons (Fsp3) is 0.562. The Labute approximate surface area is 260 Å². The maximum absolute atomic E-state index is 15.1. The lowest BCUT2D eigenvalue weighted by Gasteiger charge is -2.63. The Kier molecular flexibility index (Phi) is 9.69. The van der Waals surface area contributed by atoms with Gasteiger partial charge in [0.1, 0.15) is 23.6 Å². The molecule has 2 aromatic rings. The van der Waals surface area contributed by atoms with Crippen LogP contribution in [0.3, 0.4) is 0 Å². The molecule has 0 unspecified atom stereocenters. The highest BCUT2D eigenvalue weighted by Crippen LogP contribution is 2.55. The summed E-state index contributed by atoms with van der Waals surface area (Å²) >= 11 is 6.21. The van der Waals surface area contributed by atoms with E-state index < -0.39 is 5.67 Å². The van der Waals surface area contributed by atoms with Crippen molar-refractivity contribution in [3.8, 4) is 11.8 Å². The van der Waals surface area contributed by atoms with Crippen LogP contribution in [0, 0.1) is 22.2 Å². The number of ether oxygens (including phenoxy) is 1. The highest BCUT2D eigenvalue weighted by atomic mass is 35.5. The number of carbonyl (C=O) groups excluding carboxylic acids is 1. The van der Waals surface area contributed by atoms with Crippen molar-refractivity contribution in [3.63, 3.8) is 0 Å². The summed E-state index contributed by atoms with van der Waals surface area (Å²) in [4.78, 5) is 17.8. The predicted molar refractivity (Wildman–Crippen MR) is 168 cm³/mol. The van der Waals surface area contributed by atoms with Crippen LogP contribution in [-0.2, 0) is 0 Å². The number of carbonyl (C=O) groups is 1. The Morgan fingerprint density at radius 3 is 2.26 bits per heavy atom. The molecule has 2 N–H and O–H groups in total. The molecule has 0 radical (unpaired) electrons. The molecule has 0 spiro atoms. The third-order valence-electron chi connectivity index (χ3n) is 9.30. The number of alkyl halides is 1. The first kappa shape index (κ1) is 32.3. The van der Waals surface area contributed by atoms with Gasteiger partial charge in [0, 0.05) is 66.9 Å². The van der Waals surface area contributed by atoms with E-state index in [2.05, 4.69) is 54.2 Å². The summed E-state index contributed by atoms with van der Waals surface area (Å²) in [7, 11) is 0. The van der Waals surface area contributed by atoms with E-state index in [0.717, 1.165) is 45.0 Å². The zero-order chi connectivity index (χ0) is 29.4. The number of amides is 1. The van der Waals surface area contributed by atoms with E-state index in [1.807, 2.05) is 24.3 Å². The molecule has 3 fully saturated rings. The second kappa shape index (κ2) is 12.6. The van der Waals surface area contributed by atoms with Crippen LogP contribution < -0.4 is 20.3 Å². The van der Waals surface area contributed by atoms with Crippen molar-refractivity contribution >= 4 is 35.6 Å². The lowest BCUT2D eigenvalue weighted by Crippen LogP contribution is -2.74. The van der Waals surface area contributed by atoms with Gasteiger partial charge in [0.05, 0.1) is 10.6 Å². The molecule has 228 valence electrons. The third kappa shape index (κ3) is 6.50. The second-order valence-electron chi connectivity index (χ2n) is 13.0. The van der Waals surface area contributed by atoms with Crippen LogP contribution in [0.1, 0.15) is 56.5 Å². The summed E-state index contributed by atoms with van der Waals surface area (Å²) in [6, 6.07) is 14.8. The van der Waals surface area contributed by atoms with E-state index in [-0.39, 0.29) is 41.3 Å². The minimum atomic E-state index is -1.07. The number of nitriles is 1. The molecule has 3 aliphatic rings. The van der Waals surface area contributed by atoms with Crippen molar-refractivity contribution in [2.24, 2.45) is 10.8 Å². The predicted octanol–water partition coefficient (Wildman–Crippen LogP) is 5.46. The number of nitrogens with one attached hydrogen (secondary N) is 2. The molecule has 0 bridgehead atoms. The Morgan fingerprint density at radius 1 is 1.07 bits per heavy atom. The zero-order valence-electron chi connectivity index (χ0n) is 24.9. The molecule has 2 aliphatic heterocycles. The molecule has 10 heteroatoms. The SMILES string of the molecule is CC1(C)C(NC(=O)c2ccc(N3CCN(CC4(F)CCNCC4)CC3)cc2)C(C)(C)C1Oc1ccc(C#N)c(Cl)c1.Cl. The van der Waals surface area contributed by atoms with Crippen LogP contribution in [0.25, 0.3) is 0 Å². The summed E-state index contributed by atoms with van der Waals surface area (Å²) in [5.41, 5.74) is 0.378. The monoisotopic (exact) mass is 617 g/mol. The molecule has 1 amide bonds. The Bertz CT molecular complexity index is 1280. The third-order valence-corrected chi connectivity index (χ3v) is 9.62. The largest absolute Gasteiger partial charge is 0.489 e. The minimum Gasteiger partial charge on any atom is -0.489 e. The Balaban J connectivity index is 0.00000405. The first-order chi connectivity index (χ1) is 19.4. The molecule has 0 atom stereocenters. The number of hydrogen-bond acceptors (Lipinski definition) is 6. The van der Waals surface area contributed by atoms with Gasteiger partial charge in [0.15, 0.2) is 0 Å². The highest BCUT2D eigenvalue weighted by molar-refractivity contribution is 6.31. The Hall–Kier alpha value is -2.57. The van der Waals surface area contributed by atoms with Crippen molar-refractivity contribution in [3.05, 3.63) is 58.6 Å². The number of halogens is 3. The van der Waals surface area contributed by atoms with Gasteiger partial charge in [-0.1, -0.05) is 39.3 Å². The molecular formula is C32H42Cl2FN5O2. The summed E-state index contributed by atoms with van der Waals surface area (Å²) in [5, 5.41) is 16.0. The van der Waals surface area contributed by atoms with Crippen LogP contribution >= 0.6 is 24.0 Å². The van der Waals surface area contributed by atoms with E-state index in [4.69, 9.17) is 21.6 Å². The first-order valence-corrected chi connectivity index (χ1v) is 14.9. The van der Waals surface area contributed by atoms with Gasteiger partial charge >= 0.3 is 0 Å². The van der Waals surface area contributed by atoms with Crippen molar-refractivity contribution in [2.75, 3.05) is 50.7 Å². The van der Waals surface area contributed by atoms with Crippen LogP contribution in [-0.4, -0.2) is 74.4 Å². The van der Waals surface area contributed by atoms with Gasteiger partial charge in [-0.2, -0.15) is 5.26 Å².